The van der Waals surface area contributed by atoms with Crippen LogP contribution in [0.4, 0.5) is 4.39 Å². The van der Waals surface area contributed by atoms with Gasteiger partial charge in [0.05, 0.1) is 23.9 Å². The van der Waals surface area contributed by atoms with Crippen molar-refractivity contribution in [2.24, 2.45) is 0 Å². The molecule has 6 nitrogen and oxygen atoms in total. The Morgan fingerprint density at radius 3 is 2.89 bits per heavy atom. The number of H-pyrrole nitrogens is 2. The van der Waals surface area contributed by atoms with Crippen molar-refractivity contribution in [3.63, 3.8) is 0 Å². The Hall–Kier alpha value is -3.92. The van der Waals surface area contributed by atoms with Crippen molar-refractivity contribution in [3.8, 4) is 28.6 Å². The Morgan fingerprint density at radius 2 is 2.11 bits per heavy atom. The maximum Gasteiger partial charge on any atom is 0.340 e. The number of halogens is 1. The largest absolute Gasteiger partial charge is 0.465 e. The summed E-state index contributed by atoms with van der Waals surface area (Å²) in [6, 6.07) is 11.3. The lowest BCUT2D eigenvalue weighted by Crippen LogP contribution is -2.01. The highest BCUT2D eigenvalue weighted by molar-refractivity contribution is 6.00. The highest BCUT2D eigenvalue weighted by Crippen LogP contribution is 2.33. The number of carbonyl (C=O) groups excluding carboxylic acids is 1. The van der Waals surface area contributed by atoms with Crippen LogP contribution in [0.1, 0.15) is 15.9 Å². The van der Waals surface area contributed by atoms with Gasteiger partial charge in [0, 0.05) is 34.6 Å². The number of nitriles is 1. The van der Waals surface area contributed by atoms with E-state index >= 15 is 0 Å². The third-order valence-electron chi connectivity index (χ3n) is 4.35. The number of benzene rings is 1. The quantitative estimate of drug-likeness (QED) is 0.540. The molecule has 132 valence electrons. The van der Waals surface area contributed by atoms with Crippen molar-refractivity contribution in [3.05, 3.63) is 65.7 Å². The van der Waals surface area contributed by atoms with Gasteiger partial charge in [-0.1, -0.05) is 0 Å². The summed E-state index contributed by atoms with van der Waals surface area (Å²) >= 11 is 0. The molecular formula is C20H13FN4O2. The average molecular weight is 360 g/mol. The number of aromatic amines is 2. The first-order chi connectivity index (χ1) is 13.1. The third-order valence-corrected chi connectivity index (χ3v) is 4.35. The number of hydrogen-bond donors (Lipinski definition) is 2. The Bertz CT molecular complexity index is 1220. The zero-order valence-electron chi connectivity index (χ0n) is 14.2. The number of methoxy groups -OCH3 is 1. The van der Waals surface area contributed by atoms with Crippen LogP contribution < -0.4 is 0 Å². The minimum absolute atomic E-state index is 0.101. The number of rotatable bonds is 3. The van der Waals surface area contributed by atoms with Crippen LogP contribution in [0.15, 0.2) is 48.8 Å². The monoisotopic (exact) mass is 360 g/mol. The first-order valence-corrected chi connectivity index (χ1v) is 8.06. The number of ether oxygens (including phenoxy) is 1. The maximum absolute atomic E-state index is 13.7. The fraction of sp³-hybridized carbons (Fsp3) is 0.0500. The van der Waals surface area contributed by atoms with Crippen molar-refractivity contribution in [1.29, 1.82) is 5.26 Å². The number of aromatic nitrogens is 3. The van der Waals surface area contributed by atoms with Crippen molar-refractivity contribution < 1.29 is 13.9 Å². The molecule has 0 spiro atoms. The van der Waals surface area contributed by atoms with Crippen LogP contribution in [0.2, 0.25) is 0 Å². The molecule has 0 aliphatic rings. The predicted molar refractivity (Wildman–Crippen MR) is 97.3 cm³/mol. The second-order valence-electron chi connectivity index (χ2n) is 5.87. The van der Waals surface area contributed by atoms with Gasteiger partial charge in [-0.2, -0.15) is 5.26 Å². The second-order valence-corrected chi connectivity index (χ2v) is 5.87. The molecule has 3 heterocycles. The second kappa shape index (κ2) is 6.42. The molecule has 3 aromatic heterocycles. The summed E-state index contributed by atoms with van der Waals surface area (Å²) < 4.78 is 18.6. The van der Waals surface area contributed by atoms with E-state index in [1.54, 1.807) is 18.5 Å². The van der Waals surface area contributed by atoms with Gasteiger partial charge in [0.25, 0.3) is 0 Å². The third kappa shape index (κ3) is 2.73. The van der Waals surface area contributed by atoms with Crippen molar-refractivity contribution in [2.75, 3.05) is 7.11 Å². The molecule has 0 unspecified atom stereocenters. The number of hydrogen-bond acceptors (Lipinski definition) is 4. The summed E-state index contributed by atoms with van der Waals surface area (Å²) in [6.07, 6.45) is 3.45. The topological polar surface area (TPSA) is 94.6 Å². The van der Waals surface area contributed by atoms with E-state index in [1.165, 1.54) is 25.3 Å². The fourth-order valence-corrected chi connectivity index (χ4v) is 3.06. The van der Waals surface area contributed by atoms with Gasteiger partial charge in [-0.25, -0.2) is 14.2 Å². The van der Waals surface area contributed by atoms with Crippen LogP contribution in [-0.2, 0) is 4.74 Å². The molecule has 0 aliphatic carbocycles. The van der Waals surface area contributed by atoms with Crippen molar-refractivity contribution in [2.45, 2.75) is 0 Å². The van der Waals surface area contributed by atoms with Gasteiger partial charge in [0.1, 0.15) is 17.5 Å². The highest BCUT2D eigenvalue weighted by atomic mass is 19.1. The van der Waals surface area contributed by atoms with Crippen LogP contribution in [0.25, 0.3) is 33.5 Å². The van der Waals surface area contributed by atoms with Crippen LogP contribution in [0.5, 0.6) is 0 Å². The van der Waals surface area contributed by atoms with E-state index in [-0.39, 0.29) is 5.56 Å². The van der Waals surface area contributed by atoms with Crippen LogP contribution in [0, 0.1) is 17.1 Å². The number of carbonyl (C=O) groups is 1. The fourth-order valence-electron chi connectivity index (χ4n) is 3.06. The van der Waals surface area contributed by atoms with E-state index in [2.05, 4.69) is 15.0 Å². The zero-order valence-corrected chi connectivity index (χ0v) is 14.2. The van der Waals surface area contributed by atoms with Crippen LogP contribution >= 0.6 is 0 Å². The summed E-state index contributed by atoms with van der Waals surface area (Å²) in [5.41, 5.74) is 3.41. The van der Waals surface area contributed by atoms with E-state index in [4.69, 9.17) is 10.00 Å². The van der Waals surface area contributed by atoms with Crippen LogP contribution in [0.3, 0.4) is 0 Å². The van der Waals surface area contributed by atoms with E-state index in [0.717, 1.165) is 16.6 Å². The molecule has 0 saturated carbocycles. The Morgan fingerprint density at radius 1 is 1.26 bits per heavy atom. The molecule has 4 rings (SSSR count). The summed E-state index contributed by atoms with van der Waals surface area (Å²) in [7, 11) is 1.29. The minimum atomic E-state index is -0.615. The van der Waals surface area contributed by atoms with Gasteiger partial charge in [-0.05, 0) is 36.4 Å². The van der Waals surface area contributed by atoms with Gasteiger partial charge in [-0.3, -0.25) is 0 Å². The van der Waals surface area contributed by atoms with E-state index in [1.807, 2.05) is 18.2 Å². The van der Waals surface area contributed by atoms with Crippen molar-refractivity contribution >= 4 is 17.0 Å². The number of nitrogens with zero attached hydrogens (tertiary/aromatic N) is 2. The Kier molecular flexibility index (Phi) is 3.94. The molecule has 1 aromatic carbocycles. The zero-order chi connectivity index (χ0) is 19.0. The number of esters is 1. The molecule has 0 bridgehead atoms. The molecule has 0 amide bonds. The van der Waals surface area contributed by atoms with E-state index in [0.29, 0.717) is 22.5 Å². The lowest BCUT2D eigenvalue weighted by atomic mass is 10.0. The minimum Gasteiger partial charge on any atom is -0.465 e. The van der Waals surface area contributed by atoms with E-state index in [9.17, 15) is 9.18 Å². The SMILES string of the molecule is COC(=O)c1cc(-c2ccnc3[nH]ccc23)[nH]c1-c1ccc(F)c(C#N)c1. The Balaban J connectivity index is 1.94. The summed E-state index contributed by atoms with van der Waals surface area (Å²) in [6.45, 7) is 0. The lowest BCUT2D eigenvalue weighted by molar-refractivity contribution is 0.0602. The average Bonchev–Trinajstić information content (AvgIpc) is 3.34. The van der Waals surface area contributed by atoms with E-state index < -0.39 is 11.8 Å². The number of nitrogens with one attached hydrogen (secondary N) is 2. The van der Waals surface area contributed by atoms with Gasteiger partial charge in [0.15, 0.2) is 0 Å². The predicted octanol–water partition coefficient (Wildman–Crippen LogP) is 4.02. The van der Waals surface area contributed by atoms with Gasteiger partial charge in [-0.15, -0.1) is 0 Å². The Labute approximate surface area is 153 Å². The lowest BCUT2D eigenvalue weighted by Gasteiger charge is -2.04. The summed E-state index contributed by atoms with van der Waals surface area (Å²) in [5, 5.41) is 9.98. The molecule has 0 fully saturated rings. The maximum atomic E-state index is 13.7. The standard InChI is InChI=1S/C20H13FN4O2/c1-27-20(26)15-9-17(13-4-6-23-19-14(13)5-7-24-19)25-18(15)11-2-3-16(21)12(8-11)10-22/h2-9,25H,1H3,(H,23,24). The molecule has 2 N–H and O–H groups in total. The smallest absolute Gasteiger partial charge is 0.340 e. The van der Waals surface area contributed by atoms with Gasteiger partial charge in [0.2, 0.25) is 0 Å². The molecule has 4 aromatic rings. The van der Waals surface area contributed by atoms with Gasteiger partial charge >= 0.3 is 5.97 Å². The molecule has 27 heavy (non-hydrogen) atoms. The number of pyridine rings is 1. The number of fused-ring (bicyclic) bond motifs is 1. The first kappa shape index (κ1) is 16.5. The summed E-state index contributed by atoms with van der Waals surface area (Å²) in [4.78, 5) is 22.8. The molecule has 0 radical (unpaired) electrons. The van der Waals surface area contributed by atoms with Crippen LogP contribution in [-0.4, -0.2) is 28.0 Å². The first-order valence-electron chi connectivity index (χ1n) is 8.06. The van der Waals surface area contributed by atoms with Crippen molar-refractivity contribution in [1.82, 2.24) is 15.0 Å². The highest BCUT2D eigenvalue weighted by Gasteiger charge is 2.20. The molecule has 0 aliphatic heterocycles. The summed E-state index contributed by atoms with van der Waals surface area (Å²) in [5.74, 6) is -1.15. The normalized spacial score (nSPS) is 10.7. The molecule has 0 atom stereocenters. The molecular weight excluding hydrogens is 347 g/mol. The molecule has 0 saturated heterocycles. The molecule has 7 heteroatoms. The van der Waals surface area contributed by atoms with Gasteiger partial charge < -0.3 is 14.7 Å².